The van der Waals surface area contributed by atoms with Gasteiger partial charge in [0.15, 0.2) is 0 Å². The number of ether oxygens (including phenoxy) is 1. The minimum atomic E-state index is -0.509. The second-order valence-electron chi connectivity index (χ2n) is 17.7. The maximum Gasteiger partial charge on any atom is 0.330 e. The Kier molecular flexibility index (Phi) is 21.4. The molecule has 0 amide bonds. The summed E-state index contributed by atoms with van der Waals surface area (Å²) in [6.07, 6.45) is 2.24. The van der Waals surface area contributed by atoms with E-state index >= 15 is 0 Å². The topological polar surface area (TPSA) is 66.8 Å². The van der Waals surface area contributed by atoms with Crippen molar-refractivity contribution in [2.75, 3.05) is 32.8 Å². The van der Waals surface area contributed by atoms with Crippen LogP contribution in [-0.2, 0) is 36.0 Å². The monoisotopic (exact) mass is 810 g/mol. The molecule has 0 saturated heterocycles. The number of esters is 1. The van der Waals surface area contributed by atoms with Gasteiger partial charge in [0.1, 0.15) is 6.61 Å². The van der Waals surface area contributed by atoms with Crippen molar-refractivity contribution in [1.29, 1.82) is 0 Å². The Bertz CT molecular complexity index is 1820. The van der Waals surface area contributed by atoms with Gasteiger partial charge in [0.05, 0.1) is 6.61 Å². The molecule has 0 fully saturated rings. The molecule has 4 aromatic carbocycles. The highest BCUT2D eigenvalue weighted by Crippen LogP contribution is 2.31. The summed E-state index contributed by atoms with van der Waals surface area (Å²) in [6.45, 7) is 38.7. The highest BCUT2D eigenvalue weighted by atomic mass is 35.5. The number of aliphatic hydroxyl groups is 1. The van der Waals surface area contributed by atoms with Gasteiger partial charge in [-0.3, -0.25) is 4.79 Å². The molecule has 1 N–H and O–H groups in total. The van der Waals surface area contributed by atoms with Crippen LogP contribution in [0, 0.1) is 0 Å². The fourth-order valence-corrected chi connectivity index (χ4v) is 5.71. The average molecular weight is 811 g/mol. The Balaban J connectivity index is 0.000000457. The summed E-state index contributed by atoms with van der Waals surface area (Å²) in [5, 5.41) is 8.93. The molecule has 0 heterocycles. The SMILES string of the molecule is C=CC(=O)Cl.C=CC(=O)OCC(C)(C)c1ccc(-c2ccc(C(C)(C)C)cc2)cc1.CC(C)(C)c1ccc(-c2ccc(C(C)(C)CO)cc2)cc1.CCN(CC)CC. The second-order valence-corrected chi connectivity index (χ2v) is 18.0. The average Bonchev–Trinajstić information content (AvgIpc) is 3.21. The molecule has 0 aliphatic heterocycles. The number of halogens is 1. The van der Waals surface area contributed by atoms with Crippen LogP contribution >= 0.6 is 11.6 Å². The summed E-state index contributed by atoms with van der Waals surface area (Å²) in [4.78, 5) is 23.1. The molecule has 0 unspecified atom stereocenters. The van der Waals surface area contributed by atoms with E-state index in [4.69, 9.17) is 16.3 Å². The lowest BCUT2D eigenvalue weighted by Gasteiger charge is -2.25. The predicted octanol–water partition coefficient (Wildman–Crippen LogP) is 12.9. The molecule has 0 spiro atoms. The number of hydrogen-bond donors (Lipinski definition) is 1. The van der Waals surface area contributed by atoms with E-state index in [1.165, 1.54) is 64.7 Å². The van der Waals surface area contributed by atoms with Gasteiger partial charge < -0.3 is 14.7 Å². The van der Waals surface area contributed by atoms with Gasteiger partial charge in [-0.05, 0) is 92.6 Å². The molecule has 6 heteroatoms. The van der Waals surface area contributed by atoms with Crippen molar-refractivity contribution in [3.8, 4) is 22.3 Å². The van der Waals surface area contributed by atoms with Crippen LogP contribution < -0.4 is 0 Å². The van der Waals surface area contributed by atoms with Gasteiger partial charge in [-0.15, -0.1) is 0 Å². The molecule has 0 aliphatic rings. The summed E-state index contributed by atoms with van der Waals surface area (Å²) in [5.74, 6) is -0.386. The maximum atomic E-state index is 11.3. The van der Waals surface area contributed by atoms with Gasteiger partial charge in [0.25, 0.3) is 0 Å². The molecular weight excluding hydrogens is 738 g/mol. The lowest BCUT2D eigenvalue weighted by molar-refractivity contribution is -0.139. The van der Waals surface area contributed by atoms with Crippen LogP contribution in [0.15, 0.2) is 122 Å². The van der Waals surface area contributed by atoms with Crippen LogP contribution in [0.5, 0.6) is 0 Å². The van der Waals surface area contributed by atoms with Crippen LogP contribution in [0.1, 0.15) is 112 Å². The zero-order valence-corrected chi connectivity index (χ0v) is 38.6. The third-order valence-electron chi connectivity index (χ3n) is 10.1. The molecule has 0 saturated carbocycles. The highest BCUT2D eigenvalue weighted by Gasteiger charge is 2.23. The van der Waals surface area contributed by atoms with Crippen LogP contribution in [0.4, 0.5) is 0 Å². The molecule has 0 radical (unpaired) electrons. The normalized spacial score (nSPS) is 11.4. The molecule has 0 bridgehead atoms. The van der Waals surface area contributed by atoms with E-state index in [0.717, 1.165) is 11.6 Å². The summed E-state index contributed by atoms with van der Waals surface area (Å²) in [6, 6.07) is 34.5. The first-order valence-electron chi connectivity index (χ1n) is 20.4. The zero-order chi connectivity index (χ0) is 44.3. The number of allylic oxidation sites excluding steroid dienone is 1. The van der Waals surface area contributed by atoms with E-state index < -0.39 is 5.24 Å². The maximum absolute atomic E-state index is 11.3. The highest BCUT2D eigenvalue weighted by molar-refractivity contribution is 6.66. The standard InChI is InChI=1S/C23H28O2.C20H26O.C6H15N.C3H3ClO/c1-7-21(24)25-16-23(5,6)20-14-10-18(11-15-20)17-8-12-19(13-9-17)22(2,3)4;1-19(2,3)17-10-6-15(7-11-17)16-8-12-18(13-9-16)20(4,5)14-21;1-4-7(5-2)6-3;1-2-3(4)5/h7-15H,1,16H2,2-6H3;6-13,21H,14H2,1-5H3;4-6H2,1-3H3;2H,1H2. The first-order chi connectivity index (χ1) is 27.0. The Labute approximate surface area is 357 Å². The number of nitrogens with zero attached hydrogens (tertiary/aromatic N) is 1. The summed E-state index contributed by atoms with van der Waals surface area (Å²) in [7, 11) is 0. The van der Waals surface area contributed by atoms with E-state index in [1.54, 1.807) is 0 Å². The smallest absolute Gasteiger partial charge is 0.330 e. The third kappa shape index (κ3) is 17.7. The second kappa shape index (κ2) is 24.0. The minimum Gasteiger partial charge on any atom is -0.462 e. The minimum absolute atomic E-state index is 0.159. The van der Waals surface area contributed by atoms with Crippen molar-refractivity contribution < 1.29 is 19.4 Å². The number of carbonyl (C=O) groups excluding carboxylic acids is 2. The summed E-state index contributed by atoms with van der Waals surface area (Å²) < 4.78 is 5.21. The van der Waals surface area contributed by atoms with Gasteiger partial charge in [-0.25, -0.2) is 4.79 Å². The van der Waals surface area contributed by atoms with Crippen molar-refractivity contribution in [2.45, 2.75) is 112 Å². The zero-order valence-electron chi connectivity index (χ0n) is 37.8. The van der Waals surface area contributed by atoms with E-state index in [0.29, 0.717) is 6.61 Å². The van der Waals surface area contributed by atoms with E-state index in [-0.39, 0.29) is 34.2 Å². The number of carbonyl (C=O) groups is 2. The van der Waals surface area contributed by atoms with Crippen LogP contribution in [0.25, 0.3) is 22.3 Å². The summed E-state index contributed by atoms with van der Waals surface area (Å²) in [5.41, 5.74) is 9.75. The van der Waals surface area contributed by atoms with Crippen molar-refractivity contribution in [1.82, 2.24) is 4.90 Å². The molecule has 4 rings (SSSR count). The van der Waals surface area contributed by atoms with E-state index in [1.807, 2.05) is 0 Å². The Morgan fingerprint density at radius 1 is 0.552 bits per heavy atom. The molecule has 0 aliphatic carbocycles. The van der Waals surface area contributed by atoms with E-state index in [2.05, 4.69) is 205 Å². The molecule has 0 atom stereocenters. The largest absolute Gasteiger partial charge is 0.462 e. The van der Waals surface area contributed by atoms with Gasteiger partial charge in [0, 0.05) is 16.9 Å². The fourth-order valence-electron chi connectivity index (χ4n) is 5.71. The van der Waals surface area contributed by atoms with Crippen molar-refractivity contribution in [3.05, 3.63) is 145 Å². The van der Waals surface area contributed by atoms with Gasteiger partial charge in [0.2, 0.25) is 5.24 Å². The first kappa shape index (κ1) is 51.7. The Morgan fingerprint density at radius 3 is 1.03 bits per heavy atom. The number of hydrogen-bond acceptors (Lipinski definition) is 5. The molecule has 4 aromatic rings. The first-order valence-corrected chi connectivity index (χ1v) is 20.7. The molecule has 0 aromatic heterocycles. The van der Waals surface area contributed by atoms with Gasteiger partial charge in [-0.1, -0.05) is 200 Å². The number of benzene rings is 4. The van der Waals surface area contributed by atoms with Crippen LogP contribution in [0.3, 0.4) is 0 Å². The molecular formula is C52H72ClNO4. The van der Waals surface area contributed by atoms with Crippen molar-refractivity contribution in [2.24, 2.45) is 0 Å². The van der Waals surface area contributed by atoms with Gasteiger partial charge >= 0.3 is 5.97 Å². The fraction of sp³-hybridized carbons (Fsp3) is 0.423. The lowest BCUT2D eigenvalue weighted by atomic mass is 9.84. The molecule has 58 heavy (non-hydrogen) atoms. The van der Waals surface area contributed by atoms with E-state index in [9.17, 15) is 14.7 Å². The van der Waals surface area contributed by atoms with Gasteiger partial charge in [-0.2, -0.15) is 0 Å². The lowest BCUT2D eigenvalue weighted by Crippen LogP contribution is -2.25. The predicted molar refractivity (Wildman–Crippen MR) is 250 cm³/mol. The van der Waals surface area contributed by atoms with Crippen LogP contribution in [0.2, 0.25) is 0 Å². The summed E-state index contributed by atoms with van der Waals surface area (Å²) >= 11 is 4.71. The third-order valence-corrected chi connectivity index (χ3v) is 10.3. The quantitative estimate of drug-likeness (QED) is 0.0877. The van der Waals surface area contributed by atoms with Crippen LogP contribution in [-0.4, -0.2) is 54.1 Å². The molecule has 316 valence electrons. The van der Waals surface area contributed by atoms with Crippen molar-refractivity contribution >= 4 is 22.8 Å². The Hall–Kier alpha value is -4.29. The Morgan fingerprint density at radius 2 is 0.828 bits per heavy atom. The number of aliphatic hydroxyl groups excluding tert-OH is 1. The van der Waals surface area contributed by atoms with Crippen molar-refractivity contribution in [3.63, 3.8) is 0 Å². The molecule has 5 nitrogen and oxygen atoms in total. The number of rotatable bonds is 12.